The monoisotopic (exact) mass is 222 g/mol. The molecule has 0 radical (unpaired) electrons. The van der Waals surface area contributed by atoms with Crippen molar-refractivity contribution in [1.82, 2.24) is 0 Å². The lowest BCUT2D eigenvalue weighted by atomic mass is 10.2. The van der Waals surface area contributed by atoms with Gasteiger partial charge in [0.1, 0.15) is 0 Å². The number of hydrogen-bond donors (Lipinski definition) is 2. The van der Waals surface area contributed by atoms with Crippen molar-refractivity contribution in [3.63, 3.8) is 0 Å². The van der Waals surface area contributed by atoms with E-state index in [0.29, 0.717) is 5.69 Å². The average Bonchev–Trinajstić information content (AvgIpc) is 2.30. The summed E-state index contributed by atoms with van der Waals surface area (Å²) in [6, 6.07) is 7.38. The average molecular weight is 222 g/mol. The molecule has 0 atom stereocenters. The number of anilines is 2. The second-order valence-electron chi connectivity index (χ2n) is 3.58. The van der Waals surface area contributed by atoms with E-state index in [1.165, 1.54) is 0 Å². The van der Waals surface area contributed by atoms with Gasteiger partial charge in [-0.1, -0.05) is 6.07 Å². The standard InChI is InChI=1S/C11H14N2O3/c14-11(15)12-9-2-1-3-10(8-9)13-4-6-16-7-5-13/h1-3,8,12H,4-7H2,(H,14,15). The van der Waals surface area contributed by atoms with E-state index in [4.69, 9.17) is 9.84 Å². The quantitative estimate of drug-likeness (QED) is 0.798. The van der Waals surface area contributed by atoms with E-state index in [0.717, 1.165) is 32.0 Å². The third-order valence-electron chi connectivity index (χ3n) is 2.47. The van der Waals surface area contributed by atoms with Crippen LogP contribution in [0.1, 0.15) is 0 Å². The molecule has 1 saturated heterocycles. The van der Waals surface area contributed by atoms with Gasteiger partial charge in [-0.3, -0.25) is 5.32 Å². The molecule has 2 N–H and O–H groups in total. The number of hydrogen-bond acceptors (Lipinski definition) is 3. The van der Waals surface area contributed by atoms with E-state index >= 15 is 0 Å². The van der Waals surface area contributed by atoms with Crippen LogP contribution in [0.5, 0.6) is 0 Å². The maximum absolute atomic E-state index is 10.5. The third-order valence-corrected chi connectivity index (χ3v) is 2.47. The van der Waals surface area contributed by atoms with Crippen LogP contribution in [0.25, 0.3) is 0 Å². The van der Waals surface area contributed by atoms with Gasteiger partial charge in [0.25, 0.3) is 0 Å². The molecule has 16 heavy (non-hydrogen) atoms. The molecule has 5 heteroatoms. The van der Waals surface area contributed by atoms with Crippen LogP contribution in [0.15, 0.2) is 24.3 Å². The fourth-order valence-corrected chi connectivity index (χ4v) is 1.73. The molecule has 1 aliphatic rings. The highest BCUT2D eigenvalue weighted by Gasteiger charge is 2.11. The van der Waals surface area contributed by atoms with Gasteiger partial charge < -0.3 is 14.7 Å². The van der Waals surface area contributed by atoms with E-state index in [1.54, 1.807) is 6.07 Å². The highest BCUT2D eigenvalue weighted by atomic mass is 16.5. The zero-order chi connectivity index (χ0) is 11.4. The van der Waals surface area contributed by atoms with Crippen LogP contribution in [0.3, 0.4) is 0 Å². The van der Waals surface area contributed by atoms with Gasteiger partial charge in [-0.05, 0) is 18.2 Å². The zero-order valence-corrected chi connectivity index (χ0v) is 8.85. The van der Waals surface area contributed by atoms with E-state index in [9.17, 15) is 4.79 Å². The Morgan fingerprint density at radius 1 is 1.38 bits per heavy atom. The van der Waals surface area contributed by atoms with Crippen molar-refractivity contribution in [1.29, 1.82) is 0 Å². The second-order valence-corrected chi connectivity index (χ2v) is 3.58. The van der Waals surface area contributed by atoms with Crippen molar-refractivity contribution >= 4 is 17.5 Å². The first-order valence-corrected chi connectivity index (χ1v) is 5.18. The number of nitrogens with zero attached hydrogens (tertiary/aromatic N) is 1. The molecule has 0 aromatic heterocycles. The molecule has 1 amide bonds. The van der Waals surface area contributed by atoms with Gasteiger partial charge in [0.2, 0.25) is 0 Å². The molecule has 0 aliphatic carbocycles. The number of carbonyl (C=O) groups is 1. The summed E-state index contributed by atoms with van der Waals surface area (Å²) in [6.45, 7) is 3.13. The minimum Gasteiger partial charge on any atom is -0.465 e. The predicted octanol–water partition coefficient (Wildman–Crippen LogP) is 1.61. The van der Waals surface area contributed by atoms with Crippen molar-refractivity contribution in [2.45, 2.75) is 0 Å². The van der Waals surface area contributed by atoms with Crippen LogP contribution in [0.4, 0.5) is 16.2 Å². The normalized spacial score (nSPS) is 15.9. The van der Waals surface area contributed by atoms with Crippen LogP contribution < -0.4 is 10.2 Å². The van der Waals surface area contributed by atoms with Gasteiger partial charge in [-0.2, -0.15) is 0 Å². The summed E-state index contributed by atoms with van der Waals surface area (Å²) in [5, 5.41) is 11.0. The highest BCUT2D eigenvalue weighted by Crippen LogP contribution is 2.20. The van der Waals surface area contributed by atoms with E-state index in [2.05, 4.69) is 10.2 Å². The SMILES string of the molecule is O=C(O)Nc1cccc(N2CCOCC2)c1. The van der Waals surface area contributed by atoms with Crippen molar-refractivity contribution in [2.75, 3.05) is 36.5 Å². The van der Waals surface area contributed by atoms with Crippen LogP contribution in [-0.2, 0) is 4.74 Å². The predicted molar refractivity (Wildman–Crippen MR) is 61.1 cm³/mol. The van der Waals surface area contributed by atoms with Gasteiger partial charge in [0, 0.05) is 24.5 Å². The fraction of sp³-hybridized carbons (Fsp3) is 0.364. The Bertz CT molecular complexity index is 375. The summed E-state index contributed by atoms with van der Waals surface area (Å²) in [6.07, 6.45) is -1.04. The molecule has 5 nitrogen and oxygen atoms in total. The van der Waals surface area contributed by atoms with Gasteiger partial charge in [0.15, 0.2) is 0 Å². The number of benzene rings is 1. The van der Waals surface area contributed by atoms with Crippen LogP contribution in [0.2, 0.25) is 0 Å². The first-order chi connectivity index (χ1) is 7.75. The molecule has 1 aromatic rings. The Balaban J connectivity index is 2.11. The molecule has 1 aliphatic heterocycles. The molecule has 0 spiro atoms. The molecule has 1 heterocycles. The summed E-state index contributed by atoms with van der Waals surface area (Å²) in [4.78, 5) is 12.7. The molecule has 0 bridgehead atoms. The summed E-state index contributed by atoms with van der Waals surface area (Å²) < 4.78 is 5.26. The minimum absolute atomic E-state index is 0.594. The van der Waals surface area contributed by atoms with Gasteiger partial charge in [-0.15, -0.1) is 0 Å². The Kier molecular flexibility index (Phi) is 3.26. The fourth-order valence-electron chi connectivity index (χ4n) is 1.73. The molecule has 2 rings (SSSR count). The number of morpholine rings is 1. The van der Waals surface area contributed by atoms with Crippen molar-refractivity contribution in [2.24, 2.45) is 0 Å². The van der Waals surface area contributed by atoms with E-state index in [1.807, 2.05) is 18.2 Å². The Morgan fingerprint density at radius 2 is 2.12 bits per heavy atom. The number of rotatable bonds is 2. The first kappa shape index (κ1) is 10.8. The van der Waals surface area contributed by atoms with Crippen LogP contribution >= 0.6 is 0 Å². The van der Waals surface area contributed by atoms with Crippen LogP contribution in [0, 0.1) is 0 Å². The van der Waals surface area contributed by atoms with Crippen molar-refractivity contribution in [3.8, 4) is 0 Å². The lowest BCUT2D eigenvalue weighted by Gasteiger charge is -2.29. The zero-order valence-electron chi connectivity index (χ0n) is 8.85. The molecule has 1 aromatic carbocycles. The smallest absolute Gasteiger partial charge is 0.409 e. The number of nitrogens with one attached hydrogen (secondary N) is 1. The van der Waals surface area contributed by atoms with E-state index < -0.39 is 6.09 Å². The van der Waals surface area contributed by atoms with E-state index in [-0.39, 0.29) is 0 Å². The Morgan fingerprint density at radius 3 is 2.81 bits per heavy atom. The highest BCUT2D eigenvalue weighted by molar-refractivity contribution is 5.83. The Hall–Kier alpha value is -1.75. The van der Waals surface area contributed by atoms with Crippen molar-refractivity contribution < 1.29 is 14.6 Å². The number of amides is 1. The topological polar surface area (TPSA) is 61.8 Å². The molecule has 86 valence electrons. The van der Waals surface area contributed by atoms with Crippen molar-refractivity contribution in [3.05, 3.63) is 24.3 Å². The second kappa shape index (κ2) is 4.85. The maximum atomic E-state index is 10.5. The van der Waals surface area contributed by atoms with Gasteiger partial charge in [0.05, 0.1) is 13.2 Å². The molecule has 1 fully saturated rings. The third kappa shape index (κ3) is 2.64. The lowest BCUT2D eigenvalue weighted by Crippen LogP contribution is -2.36. The first-order valence-electron chi connectivity index (χ1n) is 5.18. The number of ether oxygens (including phenoxy) is 1. The molecule has 0 unspecified atom stereocenters. The largest absolute Gasteiger partial charge is 0.465 e. The van der Waals surface area contributed by atoms with Crippen LogP contribution in [-0.4, -0.2) is 37.5 Å². The van der Waals surface area contributed by atoms with Gasteiger partial charge >= 0.3 is 6.09 Å². The maximum Gasteiger partial charge on any atom is 0.409 e. The Labute approximate surface area is 93.6 Å². The summed E-state index contributed by atoms with van der Waals surface area (Å²) >= 11 is 0. The minimum atomic E-state index is -1.04. The molecular weight excluding hydrogens is 208 g/mol. The summed E-state index contributed by atoms with van der Waals surface area (Å²) in [5.74, 6) is 0. The summed E-state index contributed by atoms with van der Waals surface area (Å²) in [7, 11) is 0. The molecule has 0 saturated carbocycles. The lowest BCUT2D eigenvalue weighted by molar-refractivity contribution is 0.122. The summed E-state index contributed by atoms with van der Waals surface area (Å²) in [5.41, 5.74) is 1.62. The number of carboxylic acid groups (broad SMARTS) is 1. The molecular formula is C11H14N2O3. The van der Waals surface area contributed by atoms with Gasteiger partial charge in [-0.25, -0.2) is 4.79 Å².